The van der Waals surface area contributed by atoms with Gasteiger partial charge in [0.25, 0.3) is 0 Å². The van der Waals surface area contributed by atoms with Crippen LogP contribution in [0.15, 0.2) is 84.9 Å². The molecule has 1 amide bonds. The molecule has 36 heavy (non-hydrogen) atoms. The Morgan fingerprint density at radius 1 is 0.778 bits per heavy atom. The zero-order chi connectivity index (χ0) is 24.7. The van der Waals surface area contributed by atoms with E-state index in [4.69, 9.17) is 4.74 Å². The number of ether oxygens (including phenoxy) is 1. The maximum Gasteiger partial charge on any atom is 0.225 e. The van der Waals surface area contributed by atoms with E-state index in [1.807, 2.05) is 12.1 Å². The predicted octanol–water partition coefficient (Wildman–Crippen LogP) is 4.84. The van der Waals surface area contributed by atoms with E-state index in [9.17, 15) is 4.79 Å². The van der Waals surface area contributed by atoms with Gasteiger partial charge < -0.3 is 9.64 Å². The molecule has 3 aromatic rings. The second-order valence-corrected chi connectivity index (χ2v) is 9.98. The van der Waals surface area contributed by atoms with Gasteiger partial charge in [0.15, 0.2) is 0 Å². The van der Waals surface area contributed by atoms with Crippen molar-refractivity contribution in [2.24, 2.45) is 5.92 Å². The number of benzene rings is 3. The monoisotopic (exact) mass is 483 g/mol. The lowest BCUT2D eigenvalue weighted by atomic mass is 9.94. The highest BCUT2D eigenvalue weighted by molar-refractivity contribution is 5.79. The van der Waals surface area contributed by atoms with Gasteiger partial charge >= 0.3 is 0 Å². The molecule has 0 saturated carbocycles. The molecule has 0 aromatic heterocycles. The van der Waals surface area contributed by atoms with Crippen LogP contribution >= 0.6 is 0 Å². The molecule has 0 aliphatic carbocycles. The van der Waals surface area contributed by atoms with Crippen molar-refractivity contribution in [3.8, 4) is 5.75 Å². The fraction of sp³-hybridized carbons (Fsp3) is 0.387. The van der Waals surface area contributed by atoms with E-state index in [0.717, 1.165) is 64.4 Å². The highest BCUT2D eigenvalue weighted by Crippen LogP contribution is 2.30. The SMILES string of the molecule is COc1ccc(CN2CCC(C(=O)N3CCN(C(c4ccccc4)c4ccccc4)CC3)CC2)cc1. The molecule has 5 heteroatoms. The summed E-state index contributed by atoms with van der Waals surface area (Å²) in [5.74, 6) is 1.40. The smallest absolute Gasteiger partial charge is 0.225 e. The number of carbonyl (C=O) groups is 1. The molecule has 2 heterocycles. The van der Waals surface area contributed by atoms with Crippen molar-refractivity contribution < 1.29 is 9.53 Å². The molecule has 188 valence electrons. The second kappa shape index (κ2) is 11.7. The van der Waals surface area contributed by atoms with Crippen molar-refractivity contribution in [1.82, 2.24) is 14.7 Å². The number of carbonyl (C=O) groups excluding carboxylic acids is 1. The molecule has 2 saturated heterocycles. The number of methoxy groups -OCH3 is 1. The highest BCUT2D eigenvalue weighted by Gasteiger charge is 2.32. The number of piperazine rings is 1. The third kappa shape index (κ3) is 5.80. The molecule has 0 spiro atoms. The number of hydrogen-bond donors (Lipinski definition) is 0. The Bertz CT molecular complexity index is 1050. The van der Waals surface area contributed by atoms with Crippen LogP contribution in [0.25, 0.3) is 0 Å². The molecule has 2 aliphatic heterocycles. The minimum absolute atomic E-state index is 0.155. The third-order valence-electron chi connectivity index (χ3n) is 7.72. The molecule has 0 radical (unpaired) electrons. The van der Waals surface area contributed by atoms with Crippen molar-refractivity contribution in [2.75, 3.05) is 46.4 Å². The minimum atomic E-state index is 0.155. The lowest BCUT2D eigenvalue weighted by molar-refractivity contribution is -0.139. The van der Waals surface area contributed by atoms with Gasteiger partial charge in [-0.2, -0.15) is 0 Å². The van der Waals surface area contributed by atoms with Gasteiger partial charge in [-0.15, -0.1) is 0 Å². The average Bonchev–Trinajstić information content (AvgIpc) is 2.95. The van der Waals surface area contributed by atoms with Crippen LogP contribution in [0.3, 0.4) is 0 Å². The molecule has 5 rings (SSSR count). The van der Waals surface area contributed by atoms with E-state index in [2.05, 4.69) is 87.5 Å². The summed E-state index contributed by atoms with van der Waals surface area (Å²) in [6.07, 6.45) is 1.90. The topological polar surface area (TPSA) is 36.0 Å². The van der Waals surface area contributed by atoms with E-state index in [1.165, 1.54) is 16.7 Å². The number of rotatable bonds is 7. The molecular formula is C31H37N3O2. The lowest BCUT2D eigenvalue weighted by Gasteiger charge is -2.41. The normalized spacial score (nSPS) is 17.9. The van der Waals surface area contributed by atoms with Crippen LogP contribution in [0.2, 0.25) is 0 Å². The Labute approximate surface area is 215 Å². The first-order valence-electron chi connectivity index (χ1n) is 13.2. The standard InChI is InChI=1S/C31H37N3O2/c1-36-29-14-12-25(13-15-29)24-32-18-16-28(17-19-32)31(35)34-22-20-33(21-23-34)30(26-8-4-2-5-9-26)27-10-6-3-7-11-27/h2-15,28,30H,16-24H2,1H3. The fourth-order valence-electron chi connectivity index (χ4n) is 5.67. The Hall–Kier alpha value is -3.15. The van der Waals surface area contributed by atoms with Crippen molar-refractivity contribution in [3.05, 3.63) is 102 Å². The minimum Gasteiger partial charge on any atom is -0.497 e. The fourth-order valence-corrected chi connectivity index (χ4v) is 5.67. The summed E-state index contributed by atoms with van der Waals surface area (Å²) in [6.45, 7) is 6.30. The largest absolute Gasteiger partial charge is 0.497 e. The Balaban J connectivity index is 1.14. The van der Waals surface area contributed by atoms with Crippen molar-refractivity contribution >= 4 is 5.91 Å². The van der Waals surface area contributed by atoms with Crippen LogP contribution in [-0.2, 0) is 11.3 Å². The Kier molecular flexibility index (Phi) is 7.99. The van der Waals surface area contributed by atoms with E-state index < -0.39 is 0 Å². The predicted molar refractivity (Wildman–Crippen MR) is 144 cm³/mol. The summed E-state index contributed by atoms with van der Waals surface area (Å²) in [5, 5.41) is 0. The zero-order valence-electron chi connectivity index (χ0n) is 21.3. The van der Waals surface area contributed by atoms with E-state index in [0.29, 0.717) is 5.91 Å². The van der Waals surface area contributed by atoms with Gasteiger partial charge in [0.05, 0.1) is 13.2 Å². The van der Waals surface area contributed by atoms with Crippen LogP contribution in [0.5, 0.6) is 5.75 Å². The van der Waals surface area contributed by atoms with Gasteiger partial charge in [-0.3, -0.25) is 14.6 Å². The summed E-state index contributed by atoms with van der Waals surface area (Å²) < 4.78 is 5.26. The van der Waals surface area contributed by atoms with E-state index in [-0.39, 0.29) is 12.0 Å². The summed E-state index contributed by atoms with van der Waals surface area (Å²) in [4.78, 5) is 20.5. The van der Waals surface area contributed by atoms with Crippen molar-refractivity contribution in [1.29, 1.82) is 0 Å². The van der Waals surface area contributed by atoms with Gasteiger partial charge in [-0.25, -0.2) is 0 Å². The zero-order valence-corrected chi connectivity index (χ0v) is 21.3. The van der Waals surface area contributed by atoms with Crippen LogP contribution in [0.4, 0.5) is 0 Å². The quantitative estimate of drug-likeness (QED) is 0.482. The first-order chi connectivity index (χ1) is 17.7. The molecule has 0 atom stereocenters. The van der Waals surface area contributed by atoms with Crippen LogP contribution in [0, 0.1) is 5.92 Å². The Morgan fingerprint density at radius 2 is 1.33 bits per heavy atom. The summed E-state index contributed by atoms with van der Waals surface area (Å²) in [7, 11) is 1.70. The first kappa shape index (κ1) is 24.5. The number of amides is 1. The van der Waals surface area contributed by atoms with E-state index >= 15 is 0 Å². The summed E-state index contributed by atoms with van der Waals surface area (Å²) in [5.41, 5.74) is 3.92. The molecule has 0 bridgehead atoms. The van der Waals surface area contributed by atoms with Crippen molar-refractivity contribution in [3.63, 3.8) is 0 Å². The molecule has 0 unspecified atom stereocenters. The summed E-state index contributed by atoms with van der Waals surface area (Å²) in [6, 6.07) is 30.0. The van der Waals surface area contributed by atoms with Crippen molar-refractivity contribution in [2.45, 2.75) is 25.4 Å². The molecule has 2 aliphatic rings. The van der Waals surface area contributed by atoms with Crippen LogP contribution in [-0.4, -0.2) is 67.0 Å². The molecule has 0 N–H and O–H groups in total. The first-order valence-corrected chi connectivity index (χ1v) is 13.2. The maximum absolute atomic E-state index is 13.4. The van der Waals surface area contributed by atoms with Crippen LogP contribution < -0.4 is 4.74 Å². The van der Waals surface area contributed by atoms with Gasteiger partial charge in [0, 0.05) is 38.6 Å². The number of hydrogen-bond acceptors (Lipinski definition) is 4. The average molecular weight is 484 g/mol. The number of likely N-dealkylation sites (tertiary alicyclic amines) is 1. The van der Waals surface area contributed by atoms with E-state index in [1.54, 1.807) is 7.11 Å². The molecule has 5 nitrogen and oxygen atoms in total. The van der Waals surface area contributed by atoms with Gasteiger partial charge in [0.1, 0.15) is 5.75 Å². The van der Waals surface area contributed by atoms with Gasteiger partial charge in [-0.05, 0) is 54.8 Å². The molecular weight excluding hydrogens is 446 g/mol. The number of piperidine rings is 1. The van der Waals surface area contributed by atoms with Crippen LogP contribution in [0.1, 0.15) is 35.6 Å². The number of nitrogens with zero attached hydrogens (tertiary/aromatic N) is 3. The lowest BCUT2D eigenvalue weighted by Crippen LogP contribution is -2.52. The summed E-state index contributed by atoms with van der Waals surface area (Å²) >= 11 is 0. The van der Waals surface area contributed by atoms with Gasteiger partial charge in [0.2, 0.25) is 5.91 Å². The molecule has 3 aromatic carbocycles. The van der Waals surface area contributed by atoms with Gasteiger partial charge in [-0.1, -0.05) is 72.8 Å². The third-order valence-corrected chi connectivity index (χ3v) is 7.72. The molecule has 2 fully saturated rings. The maximum atomic E-state index is 13.4. The second-order valence-electron chi connectivity index (χ2n) is 9.98. The Morgan fingerprint density at radius 3 is 1.86 bits per heavy atom. The highest BCUT2D eigenvalue weighted by atomic mass is 16.5.